The molecular weight excluding hydrogens is 234 g/mol. The minimum absolute atomic E-state index is 0.0353. The van der Waals surface area contributed by atoms with E-state index >= 15 is 0 Å². The third-order valence-corrected chi connectivity index (χ3v) is 4.31. The summed E-state index contributed by atoms with van der Waals surface area (Å²) in [6.07, 6.45) is 1.44. The minimum Gasteiger partial charge on any atom is -0.466 e. The first-order valence-electron chi connectivity index (χ1n) is 6.66. The highest BCUT2D eigenvalue weighted by molar-refractivity contribution is 5.78. The van der Waals surface area contributed by atoms with Crippen LogP contribution >= 0.6 is 0 Å². The van der Waals surface area contributed by atoms with Crippen LogP contribution in [0.3, 0.4) is 0 Å². The second-order valence-electron chi connectivity index (χ2n) is 5.06. The van der Waals surface area contributed by atoms with Crippen LogP contribution in [0, 0.1) is 11.3 Å². The molecular formula is C13H21NO4. The predicted octanol–water partition coefficient (Wildman–Crippen LogP) is 1.81. The zero-order chi connectivity index (χ0) is 13.3. The van der Waals surface area contributed by atoms with Crippen LogP contribution in [0.1, 0.15) is 33.6 Å². The van der Waals surface area contributed by atoms with Gasteiger partial charge in [0, 0.05) is 18.0 Å². The third-order valence-electron chi connectivity index (χ3n) is 4.31. The zero-order valence-corrected chi connectivity index (χ0v) is 11.3. The van der Waals surface area contributed by atoms with Crippen molar-refractivity contribution in [3.8, 4) is 0 Å². The zero-order valence-electron chi connectivity index (χ0n) is 11.3. The molecule has 2 fully saturated rings. The van der Waals surface area contributed by atoms with E-state index in [4.69, 9.17) is 9.47 Å². The van der Waals surface area contributed by atoms with E-state index < -0.39 is 0 Å². The fraction of sp³-hybridized carbons (Fsp3) is 0.846. The number of esters is 1. The molecule has 0 N–H and O–H groups in total. The molecule has 0 bridgehead atoms. The van der Waals surface area contributed by atoms with Crippen molar-refractivity contribution in [3.63, 3.8) is 0 Å². The lowest BCUT2D eigenvalue weighted by molar-refractivity contribution is -0.145. The molecule has 18 heavy (non-hydrogen) atoms. The van der Waals surface area contributed by atoms with E-state index in [0.717, 1.165) is 12.8 Å². The molecule has 1 heterocycles. The smallest absolute Gasteiger partial charge is 0.410 e. The molecule has 1 aliphatic heterocycles. The summed E-state index contributed by atoms with van der Waals surface area (Å²) in [5.41, 5.74) is -0.0565. The number of amides is 1. The van der Waals surface area contributed by atoms with Crippen molar-refractivity contribution in [2.45, 2.75) is 39.7 Å². The lowest BCUT2D eigenvalue weighted by Crippen LogP contribution is -2.37. The molecule has 3 atom stereocenters. The van der Waals surface area contributed by atoms with Gasteiger partial charge in [0.2, 0.25) is 0 Å². The van der Waals surface area contributed by atoms with Gasteiger partial charge in [0.25, 0.3) is 0 Å². The molecule has 3 unspecified atom stereocenters. The Balaban J connectivity index is 1.98. The topological polar surface area (TPSA) is 55.8 Å². The molecule has 1 spiro atoms. The van der Waals surface area contributed by atoms with Gasteiger partial charge in [-0.3, -0.25) is 4.79 Å². The molecule has 1 amide bonds. The third kappa shape index (κ3) is 1.95. The number of ether oxygens (including phenoxy) is 2. The van der Waals surface area contributed by atoms with Crippen LogP contribution < -0.4 is 0 Å². The van der Waals surface area contributed by atoms with Crippen LogP contribution in [0.2, 0.25) is 0 Å². The number of likely N-dealkylation sites (tertiary alicyclic amines) is 1. The Labute approximate surface area is 107 Å². The Hall–Kier alpha value is -1.26. The number of hydrogen-bond donors (Lipinski definition) is 0. The first-order chi connectivity index (χ1) is 8.56. The monoisotopic (exact) mass is 255 g/mol. The fourth-order valence-electron chi connectivity index (χ4n) is 3.12. The maximum absolute atomic E-state index is 11.8. The molecule has 5 nitrogen and oxygen atoms in total. The highest BCUT2D eigenvalue weighted by Gasteiger charge is 2.66. The molecule has 2 aliphatic rings. The number of carbonyl (C=O) groups is 2. The van der Waals surface area contributed by atoms with E-state index in [1.165, 1.54) is 0 Å². The molecule has 0 aromatic carbocycles. The lowest BCUT2D eigenvalue weighted by atomic mass is 9.95. The fourth-order valence-corrected chi connectivity index (χ4v) is 3.12. The quantitative estimate of drug-likeness (QED) is 0.722. The van der Waals surface area contributed by atoms with Crippen molar-refractivity contribution in [2.24, 2.45) is 11.3 Å². The highest BCUT2D eigenvalue weighted by Crippen LogP contribution is 2.62. The van der Waals surface area contributed by atoms with Crippen LogP contribution in [0.5, 0.6) is 0 Å². The maximum atomic E-state index is 11.8. The van der Waals surface area contributed by atoms with Crippen molar-refractivity contribution in [1.82, 2.24) is 4.90 Å². The van der Waals surface area contributed by atoms with E-state index in [9.17, 15) is 9.59 Å². The summed E-state index contributed by atoms with van der Waals surface area (Å²) in [6, 6.07) is 0.0611. The molecule has 0 aromatic heterocycles. The SMILES string of the molecule is CCOC(=O)C1CC12CCN(C(=O)OCC)C2C. The van der Waals surface area contributed by atoms with Crippen LogP contribution in [0.25, 0.3) is 0 Å². The first-order valence-corrected chi connectivity index (χ1v) is 6.66. The summed E-state index contributed by atoms with van der Waals surface area (Å²) in [7, 11) is 0. The van der Waals surface area contributed by atoms with Crippen LogP contribution in [0.15, 0.2) is 0 Å². The Morgan fingerprint density at radius 3 is 2.56 bits per heavy atom. The molecule has 102 valence electrons. The van der Waals surface area contributed by atoms with Gasteiger partial charge in [-0.2, -0.15) is 0 Å². The molecule has 1 saturated heterocycles. The second kappa shape index (κ2) is 4.78. The molecule has 2 rings (SSSR count). The van der Waals surface area contributed by atoms with Crippen molar-refractivity contribution >= 4 is 12.1 Å². The highest BCUT2D eigenvalue weighted by atomic mass is 16.6. The van der Waals surface area contributed by atoms with E-state index in [2.05, 4.69) is 0 Å². The normalized spacial score (nSPS) is 33.6. The van der Waals surface area contributed by atoms with Gasteiger partial charge in [-0.15, -0.1) is 0 Å². The average molecular weight is 255 g/mol. The van der Waals surface area contributed by atoms with Crippen LogP contribution in [-0.2, 0) is 14.3 Å². The summed E-state index contributed by atoms with van der Waals surface area (Å²) >= 11 is 0. The molecule has 0 aromatic rings. The molecule has 1 saturated carbocycles. The summed E-state index contributed by atoms with van der Waals surface area (Å²) in [5, 5.41) is 0. The van der Waals surface area contributed by atoms with Gasteiger partial charge in [0.15, 0.2) is 0 Å². The Bertz CT molecular complexity index is 357. The van der Waals surface area contributed by atoms with Gasteiger partial charge < -0.3 is 14.4 Å². The van der Waals surface area contributed by atoms with Gasteiger partial charge in [0.1, 0.15) is 0 Å². The Morgan fingerprint density at radius 2 is 1.94 bits per heavy atom. The van der Waals surface area contributed by atoms with Crippen LogP contribution in [-0.4, -0.2) is 42.8 Å². The summed E-state index contributed by atoms with van der Waals surface area (Å²) in [5.74, 6) is -0.151. The summed E-state index contributed by atoms with van der Waals surface area (Å²) in [6.45, 7) is 7.10. The van der Waals surface area contributed by atoms with Crippen molar-refractivity contribution in [2.75, 3.05) is 19.8 Å². The molecule has 0 radical (unpaired) electrons. The largest absolute Gasteiger partial charge is 0.466 e. The summed E-state index contributed by atoms with van der Waals surface area (Å²) < 4.78 is 10.1. The first kappa shape index (κ1) is 13.2. The van der Waals surface area contributed by atoms with E-state index in [0.29, 0.717) is 19.8 Å². The predicted molar refractivity (Wildman–Crippen MR) is 65.0 cm³/mol. The standard InChI is InChI=1S/C13H21NO4/c1-4-17-11(15)10-8-13(10)6-7-14(9(13)3)12(16)18-5-2/h9-10H,4-8H2,1-3H3. The van der Waals surface area contributed by atoms with Gasteiger partial charge in [-0.25, -0.2) is 4.79 Å². The van der Waals surface area contributed by atoms with Gasteiger partial charge >= 0.3 is 12.1 Å². The van der Waals surface area contributed by atoms with E-state index in [1.807, 2.05) is 13.8 Å². The Kier molecular flexibility index (Phi) is 3.50. The number of hydrogen-bond acceptors (Lipinski definition) is 4. The van der Waals surface area contributed by atoms with Crippen molar-refractivity contribution in [1.29, 1.82) is 0 Å². The Morgan fingerprint density at radius 1 is 1.28 bits per heavy atom. The molecule has 1 aliphatic carbocycles. The number of carbonyl (C=O) groups excluding carboxylic acids is 2. The summed E-state index contributed by atoms with van der Waals surface area (Å²) in [4.78, 5) is 25.3. The van der Waals surface area contributed by atoms with Crippen molar-refractivity contribution in [3.05, 3.63) is 0 Å². The lowest BCUT2D eigenvalue weighted by Gasteiger charge is -2.24. The van der Waals surface area contributed by atoms with Gasteiger partial charge in [-0.05, 0) is 33.6 Å². The number of nitrogens with zero attached hydrogens (tertiary/aromatic N) is 1. The van der Waals surface area contributed by atoms with Crippen molar-refractivity contribution < 1.29 is 19.1 Å². The average Bonchev–Trinajstić information content (AvgIpc) is 2.96. The second-order valence-corrected chi connectivity index (χ2v) is 5.06. The molecule has 5 heteroatoms. The van der Waals surface area contributed by atoms with E-state index in [1.54, 1.807) is 11.8 Å². The van der Waals surface area contributed by atoms with Crippen LogP contribution in [0.4, 0.5) is 4.79 Å². The maximum Gasteiger partial charge on any atom is 0.410 e. The minimum atomic E-state index is -0.267. The number of rotatable bonds is 3. The van der Waals surface area contributed by atoms with Gasteiger partial charge in [-0.1, -0.05) is 0 Å². The van der Waals surface area contributed by atoms with Gasteiger partial charge in [0.05, 0.1) is 19.1 Å². The van der Waals surface area contributed by atoms with E-state index in [-0.39, 0.29) is 29.4 Å².